The molecule has 3 saturated heterocycles. The van der Waals surface area contributed by atoms with Crippen molar-refractivity contribution in [2.24, 2.45) is 5.92 Å². The molecule has 0 aromatic rings. The fourth-order valence-corrected chi connectivity index (χ4v) is 5.96. The van der Waals surface area contributed by atoms with Gasteiger partial charge < -0.3 is 14.7 Å². The third-order valence-corrected chi connectivity index (χ3v) is 7.94. The molecule has 1 saturated carbocycles. The van der Waals surface area contributed by atoms with Crippen LogP contribution in [0, 0.1) is 5.92 Å². The summed E-state index contributed by atoms with van der Waals surface area (Å²) < 4.78 is 0. The molecule has 4 rings (SSSR count). The summed E-state index contributed by atoms with van der Waals surface area (Å²) in [7, 11) is 0. The summed E-state index contributed by atoms with van der Waals surface area (Å²) in [6, 6.07) is 0.0796. The molecule has 0 radical (unpaired) electrons. The number of carbonyl (C=O) groups is 3. The number of hydrogen-bond acceptors (Lipinski definition) is 4. The van der Waals surface area contributed by atoms with Gasteiger partial charge in [-0.05, 0) is 51.9 Å². The summed E-state index contributed by atoms with van der Waals surface area (Å²) in [4.78, 5) is 47.1. The number of piperidine rings is 1. The molecule has 174 valence electrons. The summed E-state index contributed by atoms with van der Waals surface area (Å²) in [5, 5.41) is 0. The van der Waals surface area contributed by atoms with Gasteiger partial charge >= 0.3 is 0 Å². The van der Waals surface area contributed by atoms with Crippen LogP contribution >= 0.6 is 0 Å². The summed E-state index contributed by atoms with van der Waals surface area (Å²) in [6.07, 6.45) is 10.6. The molecule has 0 spiro atoms. The minimum Gasteiger partial charge on any atom is -0.339 e. The largest absolute Gasteiger partial charge is 0.339 e. The molecule has 7 nitrogen and oxygen atoms in total. The Morgan fingerprint density at radius 3 is 2.06 bits per heavy atom. The quantitative estimate of drug-likeness (QED) is 0.683. The van der Waals surface area contributed by atoms with E-state index in [9.17, 15) is 14.4 Å². The lowest BCUT2D eigenvalue weighted by atomic mass is 9.88. The average molecular weight is 433 g/mol. The van der Waals surface area contributed by atoms with Crippen LogP contribution in [0.15, 0.2) is 0 Å². The minimum absolute atomic E-state index is 0.122. The lowest BCUT2D eigenvalue weighted by Crippen LogP contribution is -2.56. The summed E-state index contributed by atoms with van der Waals surface area (Å²) >= 11 is 0. The van der Waals surface area contributed by atoms with Crippen LogP contribution in [-0.2, 0) is 14.4 Å². The highest BCUT2D eigenvalue weighted by Crippen LogP contribution is 2.29. The van der Waals surface area contributed by atoms with E-state index in [1.54, 1.807) is 0 Å². The third kappa shape index (κ3) is 5.24. The van der Waals surface area contributed by atoms with Crippen LogP contribution < -0.4 is 0 Å². The van der Waals surface area contributed by atoms with E-state index >= 15 is 0 Å². The van der Waals surface area contributed by atoms with Crippen molar-refractivity contribution >= 4 is 17.7 Å². The van der Waals surface area contributed by atoms with E-state index in [2.05, 4.69) is 11.8 Å². The van der Waals surface area contributed by atoms with Crippen molar-refractivity contribution in [3.63, 3.8) is 0 Å². The molecule has 0 aromatic carbocycles. The van der Waals surface area contributed by atoms with Gasteiger partial charge in [-0.1, -0.05) is 19.3 Å². The van der Waals surface area contributed by atoms with E-state index in [1.165, 1.54) is 12.8 Å². The number of piperazine rings is 1. The number of amides is 3. The molecule has 31 heavy (non-hydrogen) atoms. The second-order valence-electron chi connectivity index (χ2n) is 10.1. The number of hydrogen-bond donors (Lipinski definition) is 0. The van der Waals surface area contributed by atoms with Crippen molar-refractivity contribution in [2.45, 2.75) is 83.2 Å². The molecule has 2 unspecified atom stereocenters. The van der Waals surface area contributed by atoms with Gasteiger partial charge in [0, 0.05) is 51.2 Å². The zero-order valence-electron chi connectivity index (χ0n) is 19.3. The molecule has 1 aliphatic carbocycles. The minimum atomic E-state index is -0.267. The number of likely N-dealkylation sites (tertiary alicyclic amines) is 2. The lowest BCUT2D eigenvalue weighted by molar-refractivity contribution is -0.148. The summed E-state index contributed by atoms with van der Waals surface area (Å²) in [5.74, 6) is 0.696. The first kappa shape index (κ1) is 22.6. The van der Waals surface area contributed by atoms with Gasteiger partial charge in [-0.3, -0.25) is 19.3 Å². The van der Waals surface area contributed by atoms with Gasteiger partial charge in [-0.2, -0.15) is 0 Å². The predicted octanol–water partition coefficient (Wildman–Crippen LogP) is 2.10. The highest BCUT2D eigenvalue weighted by atomic mass is 16.2. The predicted molar refractivity (Wildman–Crippen MR) is 119 cm³/mol. The van der Waals surface area contributed by atoms with Crippen LogP contribution in [0.5, 0.6) is 0 Å². The highest BCUT2D eigenvalue weighted by Gasteiger charge is 2.39. The molecule has 2 atom stereocenters. The highest BCUT2D eigenvalue weighted by molar-refractivity contribution is 5.89. The molecule has 0 aromatic heterocycles. The fraction of sp³-hybridized carbons (Fsp3) is 0.875. The number of rotatable bonds is 4. The van der Waals surface area contributed by atoms with Crippen molar-refractivity contribution in [3.05, 3.63) is 0 Å². The first-order chi connectivity index (χ1) is 15.0. The van der Waals surface area contributed by atoms with Crippen molar-refractivity contribution in [2.75, 3.05) is 45.8 Å². The van der Waals surface area contributed by atoms with Gasteiger partial charge in [-0.25, -0.2) is 0 Å². The smallest absolute Gasteiger partial charge is 0.245 e. The molecule has 3 heterocycles. The Balaban J connectivity index is 1.26. The van der Waals surface area contributed by atoms with Crippen molar-refractivity contribution in [3.8, 4) is 0 Å². The second kappa shape index (κ2) is 10.3. The Morgan fingerprint density at radius 2 is 1.35 bits per heavy atom. The molecule has 4 fully saturated rings. The van der Waals surface area contributed by atoms with Crippen LogP contribution in [-0.4, -0.2) is 95.2 Å². The van der Waals surface area contributed by atoms with Gasteiger partial charge in [0.1, 0.15) is 6.04 Å². The molecular weight excluding hydrogens is 392 g/mol. The monoisotopic (exact) mass is 432 g/mol. The molecule has 0 N–H and O–H groups in total. The Morgan fingerprint density at radius 1 is 0.677 bits per heavy atom. The van der Waals surface area contributed by atoms with Crippen LogP contribution in [0.3, 0.4) is 0 Å². The molecule has 0 bridgehead atoms. The number of nitrogens with zero attached hydrogens (tertiary/aromatic N) is 4. The van der Waals surface area contributed by atoms with Crippen LogP contribution in [0.1, 0.15) is 71.1 Å². The molecule has 3 amide bonds. The second-order valence-corrected chi connectivity index (χ2v) is 10.1. The topological polar surface area (TPSA) is 64.2 Å². The van der Waals surface area contributed by atoms with Gasteiger partial charge in [0.15, 0.2) is 0 Å². The Bertz CT molecular complexity index is 655. The first-order valence-corrected chi connectivity index (χ1v) is 12.7. The molecular formula is C24H40N4O3. The van der Waals surface area contributed by atoms with Crippen LogP contribution in [0.4, 0.5) is 0 Å². The number of carbonyl (C=O) groups excluding carboxylic acids is 3. The third-order valence-electron chi connectivity index (χ3n) is 7.94. The SMILES string of the molecule is CC1CCCCN1C(=O)CN1CCN(C(=O)C2CCCN2C(=O)C2CCCCC2)CC1. The van der Waals surface area contributed by atoms with Crippen molar-refractivity contribution < 1.29 is 14.4 Å². The fourth-order valence-electron chi connectivity index (χ4n) is 5.96. The normalized spacial score (nSPS) is 28.7. The van der Waals surface area contributed by atoms with E-state index in [4.69, 9.17) is 0 Å². The lowest BCUT2D eigenvalue weighted by Gasteiger charge is -2.39. The maximum atomic E-state index is 13.3. The van der Waals surface area contributed by atoms with Crippen molar-refractivity contribution in [1.29, 1.82) is 0 Å². The Labute approximate surface area is 187 Å². The molecule has 7 heteroatoms. The van der Waals surface area contributed by atoms with Crippen LogP contribution in [0.2, 0.25) is 0 Å². The van der Waals surface area contributed by atoms with Gasteiger partial charge in [0.05, 0.1) is 6.54 Å². The van der Waals surface area contributed by atoms with E-state index in [-0.39, 0.29) is 29.7 Å². The average Bonchev–Trinajstić information content (AvgIpc) is 3.29. The van der Waals surface area contributed by atoms with E-state index in [1.807, 2.05) is 14.7 Å². The summed E-state index contributed by atoms with van der Waals surface area (Å²) in [6.45, 7) is 7.01. The maximum absolute atomic E-state index is 13.3. The van der Waals surface area contributed by atoms with Crippen molar-refractivity contribution in [1.82, 2.24) is 19.6 Å². The van der Waals surface area contributed by atoms with Gasteiger partial charge in [0.2, 0.25) is 17.7 Å². The maximum Gasteiger partial charge on any atom is 0.245 e. The van der Waals surface area contributed by atoms with E-state index < -0.39 is 0 Å². The van der Waals surface area contributed by atoms with Gasteiger partial charge in [0.25, 0.3) is 0 Å². The molecule has 3 aliphatic heterocycles. The zero-order chi connectivity index (χ0) is 21.8. The Kier molecular flexibility index (Phi) is 7.51. The Hall–Kier alpha value is -1.63. The van der Waals surface area contributed by atoms with E-state index in [0.29, 0.717) is 25.7 Å². The zero-order valence-corrected chi connectivity index (χ0v) is 19.3. The summed E-state index contributed by atoms with van der Waals surface area (Å²) in [5.41, 5.74) is 0. The molecule has 4 aliphatic rings. The van der Waals surface area contributed by atoms with Crippen LogP contribution in [0.25, 0.3) is 0 Å². The van der Waals surface area contributed by atoms with E-state index in [0.717, 1.165) is 77.5 Å². The van der Waals surface area contributed by atoms with Gasteiger partial charge in [-0.15, -0.1) is 0 Å². The standard InChI is InChI=1S/C24H40N4O3/c1-19-8-5-6-12-27(19)22(29)18-25-14-16-26(17-15-25)24(31)21-11-7-13-28(21)23(30)20-9-3-2-4-10-20/h19-21H,2-18H2,1H3. The first-order valence-electron chi connectivity index (χ1n) is 12.7.